The Morgan fingerprint density at radius 2 is 1.90 bits per heavy atom. The number of carbonyl (C=O) groups excluding carboxylic acids is 1. The minimum atomic E-state index is -0.779. The molecule has 0 aliphatic carbocycles. The summed E-state index contributed by atoms with van der Waals surface area (Å²) in [5, 5.41) is 9.86. The number of aliphatic hydroxyl groups is 1. The number of ketones is 1. The van der Waals surface area contributed by atoms with Crippen molar-refractivity contribution in [2.45, 2.75) is 33.5 Å². The maximum absolute atomic E-state index is 12.2. The van der Waals surface area contributed by atoms with Gasteiger partial charge in [0, 0.05) is 11.8 Å². The molecule has 0 fully saturated rings. The Hall–Kier alpha value is -1.45. The highest BCUT2D eigenvalue weighted by Gasteiger charge is 2.26. The van der Waals surface area contributed by atoms with Gasteiger partial charge in [0.25, 0.3) is 0 Å². The van der Waals surface area contributed by atoms with E-state index in [1.807, 2.05) is 37.3 Å². The van der Waals surface area contributed by atoms with Gasteiger partial charge in [-0.2, -0.15) is 0 Å². The van der Waals surface area contributed by atoms with E-state index >= 15 is 0 Å². The maximum Gasteiger partial charge on any atom is 0.143 e. The monoisotopic (exact) mass is 276 g/mol. The predicted molar refractivity (Wildman–Crippen MR) is 80.3 cm³/mol. The standard InChI is InChI=1S/C17H24O3/c1-12(2)16(18)14(4)17(19)13(3)10-20-11-15-8-6-5-7-9-15/h5-9,13-14,16,18H,1,10-11H2,2-4H3/t13-,14+,16-/m0/s1. The van der Waals surface area contributed by atoms with Gasteiger partial charge in [0.05, 0.1) is 19.3 Å². The second-order valence-electron chi connectivity index (χ2n) is 5.38. The van der Waals surface area contributed by atoms with Gasteiger partial charge in [0.15, 0.2) is 0 Å². The van der Waals surface area contributed by atoms with Crippen LogP contribution < -0.4 is 0 Å². The molecule has 0 spiro atoms. The number of carbonyl (C=O) groups is 1. The van der Waals surface area contributed by atoms with Crippen LogP contribution in [-0.4, -0.2) is 23.6 Å². The number of ether oxygens (including phenoxy) is 1. The maximum atomic E-state index is 12.2. The fourth-order valence-corrected chi connectivity index (χ4v) is 2.04. The lowest BCUT2D eigenvalue weighted by molar-refractivity contribution is -0.130. The second kappa shape index (κ2) is 7.98. The van der Waals surface area contributed by atoms with Crippen LogP contribution in [0.5, 0.6) is 0 Å². The van der Waals surface area contributed by atoms with Crippen LogP contribution in [-0.2, 0) is 16.1 Å². The third-order valence-electron chi connectivity index (χ3n) is 3.39. The second-order valence-corrected chi connectivity index (χ2v) is 5.38. The van der Waals surface area contributed by atoms with E-state index < -0.39 is 12.0 Å². The molecule has 0 bridgehead atoms. The predicted octanol–water partition coefficient (Wildman–Crippen LogP) is 2.98. The quantitative estimate of drug-likeness (QED) is 0.742. The molecule has 0 radical (unpaired) electrons. The Morgan fingerprint density at radius 1 is 1.30 bits per heavy atom. The molecular formula is C17H24O3. The Bertz CT molecular complexity index is 439. The molecule has 0 aromatic heterocycles. The first-order chi connectivity index (χ1) is 9.43. The normalized spacial score (nSPS) is 15.4. The average molecular weight is 276 g/mol. The van der Waals surface area contributed by atoms with E-state index in [2.05, 4.69) is 6.58 Å². The van der Waals surface area contributed by atoms with Crippen molar-refractivity contribution in [3.8, 4) is 0 Å². The molecule has 3 heteroatoms. The lowest BCUT2D eigenvalue weighted by atomic mass is 9.89. The number of benzene rings is 1. The van der Waals surface area contributed by atoms with Gasteiger partial charge in [-0.15, -0.1) is 0 Å². The fraction of sp³-hybridized carbons (Fsp3) is 0.471. The van der Waals surface area contributed by atoms with Crippen molar-refractivity contribution in [2.24, 2.45) is 11.8 Å². The van der Waals surface area contributed by atoms with Gasteiger partial charge >= 0.3 is 0 Å². The Balaban J connectivity index is 2.40. The van der Waals surface area contributed by atoms with Gasteiger partial charge in [0.1, 0.15) is 5.78 Å². The zero-order valence-electron chi connectivity index (χ0n) is 12.5. The summed E-state index contributed by atoms with van der Waals surface area (Å²) in [5.41, 5.74) is 1.70. The van der Waals surface area contributed by atoms with Crippen molar-refractivity contribution in [1.82, 2.24) is 0 Å². The summed E-state index contributed by atoms with van der Waals surface area (Å²) in [6.45, 7) is 9.83. The van der Waals surface area contributed by atoms with Crippen molar-refractivity contribution in [2.75, 3.05) is 6.61 Å². The molecule has 0 aliphatic rings. The van der Waals surface area contributed by atoms with Gasteiger partial charge in [-0.05, 0) is 12.5 Å². The summed E-state index contributed by atoms with van der Waals surface area (Å²) in [6.07, 6.45) is -0.779. The largest absolute Gasteiger partial charge is 0.388 e. The summed E-state index contributed by atoms with van der Waals surface area (Å²) in [4.78, 5) is 12.2. The van der Waals surface area contributed by atoms with E-state index in [9.17, 15) is 9.90 Å². The third-order valence-corrected chi connectivity index (χ3v) is 3.39. The van der Waals surface area contributed by atoms with Gasteiger partial charge in [-0.25, -0.2) is 0 Å². The molecule has 1 aromatic rings. The van der Waals surface area contributed by atoms with Crippen LogP contribution in [0.1, 0.15) is 26.3 Å². The van der Waals surface area contributed by atoms with E-state index in [1.54, 1.807) is 13.8 Å². The van der Waals surface area contributed by atoms with E-state index in [-0.39, 0.29) is 11.7 Å². The van der Waals surface area contributed by atoms with Crippen LogP contribution in [0.4, 0.5) is 0 Å². The smallest absolute Gasteiger partial charge is 0.143 e. The Labute approximate surface area is 121 Å². The lowest BCUT2D eigenvalue weighted by Crippen LogP contribution is -2.32. The first-order valence-corrected chi connectivity index (χ1v) is 6.92. The number of rotatable bonds is 8. The van der Waals surface area contributed by atoms with Crippen LogP contribution in [0.2, 0.25) is 0 Å². The molecule has 110 valence electrons. The van der Waals surface area contributed by atoms with Crippen LogP contribution in [0, 0.1) is 11.8 Å². The number of hydrogen-bond acceptors (Lipinski definition) is 3. The van der Waals surface area contributed by atoms with E-state index in [4.69, 9.17) is 4.74 Å². The molecule has 0 heterocycles. The molecule has 0 amide bonds. The highest BCUT2D eigenvalue weighted by molar-refractivity contribution is 5.83. The van der Waals surface area contributed by atoms with Crippen molar-refractivity contribution in [1.29, 1.82) is 0 Å². The highest BCUT2D eigenvalue weighted by Crippen LogP contribution is 2.16. The van der Waals surface area contributed by atoms with Crippen molar-refractivity contribution in [3.63, 3.8) is 0 Å². The van der Waals surface area contributed by atoms with Crippen molar-refractivity contribution < 1.29 is 14.6 Å². The SMILES string of the molecule is C=C(C)[C@H](O)[C@@H](C)C(=O)[C@@H](C)COCc1ccccc1. The Morgan fingerprint density at radius 3 is 2.45 bits per heavy atom. The van der Waals surface area contributed by atoms with Gasteiger partial charge in [-0.3, -0.25) is 4.79 Å². The van der Waals surface area contributed by atoms with E-state index in [0.29, 0.717) is 18.8 Å². The van der Waals surface area contributed by atoms with Gasteiger partial charge in [0.2, 0.25) is 0 Å². The lowest BCUT2D eigenvalue weighted by Gasteiger charge is -2.21. The zero-order chi connectivity index (χ0) is 15.1. The molecule has 0 unspecified atom stereocenters. The molecule has 20 heavy (non-hydrogen) atoms. The summed E-state index contributed by atoms with van der Waals surface area (Å²) < 4.78 is 5.57. The van der Waals surface area contributed by atoms with Crippen LogP contribution in [0.3, 0.4) is 0 Å². The first-order valence-electron chi connectivity index (χ1n) is 6.92. The fourth-order valence-electron chi connectivity index (χ4n) is 2.04. The minimum Gasteiger partial charge on any atom is -0.388 e. The highest BCUT2D eigenvalue weighted by atomic mass is 16.5. The van der Waals surface area contributed by atoms with Crippen LogP contribution in [0.15, 0.2) is 42.5 Å². The molecule has 1 rings (SSSR count). The topological polar surface area (TPSA) is 46.5 Å². The average Bonchev–Trinajstić information content (AvgIpc) is 2.45. The first kappa shape index (κ1) is 16.6. The summed E-state index contributed by atoms with van der Waals surface area (Å²) in [5.74, 6) is -0.668. The molecule has 3 nitrogen and oxygen atoms in total. The van der Waals surface area contributed by atoms with Crippen LogP contribution >= 0.6 is 0 Å². The number of aliphatic hydroxyl groups excluding tert-OH is 1. The van der Waals surface area contributed by atoms with E-state index in [0.717, 1.165) is 5.56 Å². The zero-order valence-corrected chi connectivity index (χ0v) is 12.5. The summed E-state index contributed by atoms with van der Waals surface area (Å²) >= 11 is 0. The molecule has 1 N–H and O–H groups in total. The summed E-state index contributed by atoms with van der Waals surface area (Å²) in [6, 6.07) is 9.84. The van der Waals surface area contributed by atoms with Gasteiger partial charge < -0.3 is 9.84 Å². The molecule has 0 saturated carbocycles. The molecule has 1 aromatic carbocycles. The molecule has 0 aliphatic heterocycles. The van der Waals surface area contributed by atoms with Crippen molar-refractivity contribution >= 4 is 5.78 Å². The number of hydrogen-bond donors (Lipinski definition) is 1. The number of Topliss-reactive ketones (excluding diaryl/α,β-unsaturated/α-hetero) is 1. The molecule has 0 saturated heterocycles. The Kier molecular flexibility index (Phi) is 6.62. The van der Waals surface area contributed by atoms with E-state index in [1.165, 1.54) is 0 Å². The molecular weight excluding hydrogens is 252 g/mol. The third kappa shape index (κ3) is 4.91. The van der Waals surface area contributed by atoms with Crippen LogP contribution in [0.25, 0.3) is 0 Å². The van der Waals surface area contributed by atoms with Crippen molar-refractivity contribution in [3.05, 3.63) is 48.0 Å². The minimum absolute atomic E-state index is 0.00793. The summed E-state index contributed by atoms with van der Waals surface area (Å²) in [7, 11) is 0. The molecule has 3 atom stereocenters. The van der Waals surface area contributed by atoms with Gasteiger partial charge in [-0.1, -0.05) is 56.3 Å².